The Morgan fingerprint density at radius 2 is 1.27 bits per heavy atom. The molecule has 0 aromatic carbocycles. The van der Waals surface area contributed by atoms with Gasteiger partial charge in [0.15, 0.2) is 0 Å². The molecule has 2 nitrogen and oxygen atoms in total. The van der Waals surface area contributed by atoms with E-state index in [-0.39, 0.29) is 29.9 Å². The molecule has 2 N–H and O–H groups in total. The zero-order chi connectivity index (χ0) is 7.83. The van der Waals surface area contributed by atoms with Crippen molar-refractivity contribution >= 4 is 18.9 Å². The van der Waals surface area contributed by atoms with Gasteiger partial charge in [-0.3, -0.25) is 0 Å². The molecule has 1 aliphatic heterocycles. The minimum absolute atomic E-state index is 0. The minimum Gasteiger partial charge on any atom is -0.313 e. The molecule has 61 valence electrons. The molecule has 0 spiro atoms. The Balaban J connectivity index is 0.000001000. The van der Waals surface area contributed by atoms with Crippen molar-refractivity contribution in [2.45, 2.75) is 38.8 Å². The van der Waals surface area contributed by atoms with E-state index in [1.807, 2.05) is 0 Å². The van der Waals surface area contributed by atoms with Crippen molar-refractivity contribution in [3.8, 4) is 0 Å². The quantitative estimate of drug-likeness (QED) is 0.486. The number of hydrogen-bond acceptors (Lipinski definition) is 2. The van der Waals surface area contributed by atoms with Gasteiger partial charge in [-0.15, -0.1) is 0 Å². The molecule has 1 radical (unpaired) electrons. The van der Waals surface area contributed by atoms with Gasteiger partial charge in [-0.1, -0.05) is 0 Å². The zero-order valence-electron chi connectivity index (χ0n) is 8.41. The van der Waals surface area contributed by atoms with Gasteiger partial charge >= 0.3 is 0 Å². The molecule has 0 aromatic rings. The molecule has 1 fully saturated rings. The first-order valence-corrected chi connectivity index (χ1v) is 3.91. The molecule has 0 aromatic heterocycles. The van der Waals surface area contributed by atoms with Crippen LogP contribution >= 0.6 is 0 Å². The Morgan fingerprint density at radius 3 is 1.45 bits per heavy atom. The van der Waals surface area contributed by atoms with Crippen molar-refractivity contribution in [1.29, 1.82) is 0 Å². The van der Waals surface area contributed by atoms with Gasteiger partial charge in [-0.05, 0) is 27.7 Å². The minimum atomic E-state index is 0. The summed E-state index contributed by atoms with van der Waals surface area (Å²) in [6, 6.07) is 0. The second kappa shape index (κ2) is 3.49. The number of rotatable bonds is 0. The first-order chi connectivity index (χ1) is 4.41. The molecule has 0 amide bonds. The molecule has 1 saturated heterocycles. The SMILES string of the molecule is CC1(C)CNCC(C)(C)N1.[Li]. The molecule has 0 atom stereocenters. The Bertz CT molecular complexity index is 118. The summed E-state index contributed by atoms with van der Waals surface area (Å²) in [5, 5.41) is 6.97. The van der Waals surface area contributed by atoms with Gasteiger partial charge in [-0.2, -0.15) is 0 Å². The summed E-state index contributed by atoms with van der Waals surface area (Å²) in [6.07, 6.45) is 0. The fourth-order valence-electron chi connectivity index (χ4n) is 1.69. The van der Waals surface area contributed by atoms with E-state index in [1.54, 1.807) is 0 Å². The third-order valence-corrected chi connectivity index (χ3v) is 1.81. The first-order valence-electron chi connectivity index (χ1n) is 3.91. The van der Waals surface area contributed by atoms with Gasteiger partial charge in [0.1, 0.15) is 0 Å². The summed E-state index contributed by atoms with van der Waals surface area (Å²) < 4.78 is 0. The van der Waals surface area contributed by atoms with Crippen molar-refractivity contribution in [2.24, 2.45) is 0 Å². The molecule has 0 bridgehead atoms. The zero-order valence-corrected chi connectivity index (χ0v) is 8.41. The molecule has 0 unspecified atom stereocenters. The number of piperazine rings is 1. The Morgan fingerprint density at radius 1 is 0.909 bits per heavy atom. The summed E-state index contributed by atoms with van der Waals surface area (Å²) in [6.45, 7) is 11.0. The van der Waals surface area contributed by atoms with Crippen LogP contribution in [-0.2, 0) is 0 Å². The summed E-state index contributed by atoms with van der Waals surface area (Å²) in [5.41, 5.74) is 0.503. The molecular weight excluding hydrogens is 131 g/mol. The van der Waals surface area contributed by atoms with Crippen LogP contribution in [0.4, 0.5) is 0 Å². The normalized spacial score (nSPS) is 27.3. The van der Waals surface area contributed by atoms with E-state index < -0.39 is 0 Å². The van der Waals surface area contributed by atoms with Crippen LogP contribution in [0.3, 0.4) is 0 Å². The summed E-state index contributed by atoms with van der Waals surface area (Å²) in [5.74, 6) is 0. The predicted molar refractivity (Wildman–Crippen MR) is 49.9 cm³/mol. The number of nitrogens with one attached hydrogen (secondary N) is 2. The fraction of sp³-hybridized carbons (Fsp3) is 1.00. The van der Waals surface area contributed by atoms with E-state index in [2.05, 4.69) is 38.3 Å². The first kappa shape index (κ1) is 11.5. The van der Waals surface area contributed by atoms with Crippen LogP contribution in [0, 0.1) is 0 Å². The van der Waals surface area contributed by atoms with Gasteiger partial charge in [0, 0.05) is 43.0 Å². The molecule has 1 aliphatic rings. The van der Waals surface area contributed by atoms with Gasteiger partial charge in [-0.25, -0.2) is 0 Å². The van der Waals surface area contributed by atoms with E-state index in [9.17, 15) is 0 Å². The Labute approximate surface area is 81.7 Å². The van der Waals surface area contributed by atoms with E-state index in [0.717, 1.165) is 13.1 Å². The van der Waals surface area contributed by atoms with Crippen LogP contribution in [0.25, 0.3) is 0 Å². The maximum atomic E-state index is 3.57. The van der Waals surface area contributed by atoms with Crippen LogP contribution in [0.15, 0.2) is 0 Å². The van der Waals surface area contributed by atoms with Crippen molar-refractivity contribution in [2.75, 3.05) is 13.1 Å². The predicted octanol–water partition coefficient (Wildman–Crippen LogP) is 0.356. The smallest absolute Gasteiger partial charge is 0.0255 e. The Kier molecular flexibility index (Phi) is 3.66. The third kappa shape index (κ3) is 3.62. The van der Waals surface area contributed by atoms with Crippen LogP contribution in [-0.4, -0.2) is 43.0 Å². The third-order valence-electron chi connectivity index (χ3n) is 1.81. The van der Waals surface area contributed by atoms with Crippen molar-refractivity contribution in [1.82, 2.24) is 10.6 Å². The molecule has 0 aliphatic carbocycles. The van der Waals surface area contributed by atoms with E-state index in [4.69, 9.17) is 0 Å². The second-order valence-electron chi connectivity index (χ2n) is 4.50. The average molecular weight is 149 g/mol. The summed E-state index contributed by atoms with van der Waals surface area (Å²) in [4.78, 5) is 0. The van der Waals surface area contributed by atoms with Gasteiger partial charge in [0.25, 0.3) is 0 Å². The van der Waals surface area contributed by atoms with E-state index in [0.29, 0.717) is 0 Å². The van der Waals surface area contributed by atoms with Crippen LogP contribution in [0.5, 0.6) is 0 Å². The fourth-order valence-corrected chi connectivity index (χ4v) is 1.69. The van der Waals surface area contributed by atoms with Crippen LogP contribution in [0.2, 0.25) is 0 Å². The molecule has 1 rings (SSSR count). The van der Waals surface area contributed by atoms with E-state index in [1.165, 1.54) is 0 Å². The standard InChI is InChI=1S/C8H18N2.Li/c1-7(2)5-9-6-8(3,4)10-7;/h9-10H,5-6H2,1-4H3;. The molecular formula is C8H18LiN2. The van der Waals surface area contributed by atoms with Crippen molar-refractivity contribution in [3.05, 3.63) is 0 Å². The summed E-state index contributed by atoms with van der Waals surface area (Å²) >= 11 is 0. The van der Waals surface area contributed by atoms with Crippen LogP contribution < -0.4 is 10.6 Å². The summed E-state index contributed by atoms with van der Waals surface area (Å²) in [7, 11) is 0. The maximum Gasteiger partial charge on any atom is 0.0255 e. The number of hydrogen-bond donors (Lipinski definition) is 2. The largest absolute Gasteiger partial charge is 0.313 e. The average Bonchev–Trinajstić information content (AvgIpc) is 1.56. The molecule has 1 heterocycles. The molecule has 0 saturated carbocycles. The van der Waals surface area contributed by atoms with E-state index >= 15 is 0 Å². The monoisotopic (exact) mass is 149 g/mol. The maximum absolute atomic E-state index is 3.57. The van der Waals surface area contributed by atoms with Gasteiger partial charge < -0.3 is 10.6 Å². The Hall–Kier alpha value is 0.517. The topological polar surface area (TPSA) is 24.1 Å². The second-order valence-corrected chi connectivity index (χ2v) is 4.50. The molecule has 3 heteroatoms. The van der Waals surface area contributed by atoms with Crippen LogP contribution in [0.1, 0.15) is 27.7 Å². The molecule has 11 heavy (non-hydrogen) atoms. The van der Waals surface area contributed by atoms with Crippen molar-refractivity contribution in [3.63, 3.8) is 0 Å². The van der Waals surface area contributed by atoms with Crippen molar-refractivity contribution < 1.29 is 0 Å². The van der Waals surface area contributed by atoms with Gasteiger partial charge in [0.05, 0.1) is 0 Å². The van der Waals surface area contributed by atoms with Gasteiger partial charge in [0.2, 0.25) is 0 Å².